The zero-order valence-electron chi connectivity index (χ0n) is 13.9. The van der Waals surface area contributed by atoms with E-state index in [2.05, 4.69) is 15.5 Å². The first-order valence-electron chi connectivity index (χ1n) is 7.62. The Kier molecular flexibility index (Phi) is 4.94. The van der Waals surface area contributed by atoms with Crippen LogP contribution >= 0.6 is 0 Å². The highest BCUT2D eigenvalue weighted by atomic mass is 16.5. The van der Waals surface area contributed by atoms with E-state index in [-0.39, 0.29) is 12.5 Å². The average molecular weight is 339 g/mol. The lowest BCUT2D eigenvalue weighted by Crippen LogP contribution is -2.13. The molecule has 0 aliphatic rings. The molecule has 0 saturated heterocycles. The molecule has 0 atom stereocenters. The Morgan fingerprint density at radius 1 is 1.16 bits per heavy atom. The van der Waals surface area contributed by atoms with Gasteiger partial charge in [0.05, 0.1) is 12.7 Å². The van der Waals surface area contributed by atoms with Crippen molar-refractivity contribution in [1.82, 2.24) is 10.1 Å². The van der Waals surface area contributed by atoms with E-state index in [1.807, 2.05) is 0 Å². The van der Waals surface area contributed by atoms with Crippen LogP contribution in [0.5, 0.6) is 11.5 Å². The van der Waals surface area contributed by atoms with E-state index in [0.717, 1.165) is 5.75 Å². The van der Waals surface area contributed by atoms with E-state index in [1.165, 1.54) is 0 Å². The summed E-state index contributed by atoms with van der Waals surface area (Å²) in [7, 11) is 1.59. The van der Waals surface area contributed by atoms with Crippen LogP contribution in [0.25, 0.3) is 0 Å². The molecular formula is C18H17N3O4. The van der Waals surface area contributed by atoms with E-state index < -0.39 is 0 Å². The van der Waals surface area contributed by atoms with Gasteiger partial charge in [-0.3, -0.25) is 4.79 Å². The SMILES string of the molecule is COc1ccc(NC(=O)c2ccccc2OCc2noc(C)n2)cc1. The number of hydrogen-bond acceptors (Lipinski definition) is 6. The van der Waals surface area contributed by atoms with Crippen molar-refractivity contribution in [3.63, 3.8) is 0 Å². The molecule has 0 aliphatic carbocycles. The normalized spacial score (nSPS) is 10.3. The second-order valence-electron chi connectivity index (χ2n) is 5.20. The van der Waals surface area contributed by atoms with Crippen LogP contribution in [0, 0.1) is 6.92 Å². The summed E-state index contributed by atoms with van der Waals surface area (Å²) in [5, 5.41) is 6.59. The Morgan fingerprint density at radius 3 is 2.60 bits per heavy atom. The van der Waals surface area contributed by atoms with Crippen molar-refractivity contribution in [2.75, 3.05) is 12.4 Å². The molecule has 3 aromatic rings. The van der Waals surface area contributed by atoms with Crippen LogP contribution in [0.1, 0.15) is 22.1 Å². The zero-order valence-corrected chi connectivity index (χ0v) is 13.9. The molecule has 0 spiro atoms. The molecule has 1 heterocycles. The summed E-state index contributed by atoms with van der Waals surface area (Å²) < 4.78 is 15.7. The first kappa shape index (κ1) is 16.5. The van der Waals surface area contributed by atoms with Gasteiger partial charge in [0, 0.05) is 12.6 Å². The molecule has 1 amide bonds. The third kappa shape index (κ3) is 4.14. The van der Waals surface area contributed by atoms with E-state index in [0.29, 0.717) is 28.7 Å². The number of anilines is 1. The number of nitrogens with zero attached hydrogens (tertiary/aromatic N) is 2. The fourth-order valence-corrected chi connectivity index (χ4v) is 2.20. The number of para-hydroxylation sites is 1. The molecule has 3 rings (SSSR count). The maximum Gasteiger partial charge on any atom is 0.259 e. The number of aryl methyl sites for hydroxylation is 1. The fourth-order valence-electron chi connectivity index (χ4n) is 2.20. The second kappa shape index (κ2) is 7.48. The largest absolute Gasteiger partial charge is 0.497 e. The standard InChI is InChI=1S/C18H17N3O4/c1-12-19-17(21-25-12)11-24-16-6-4-3-5-15(16)18(22)20-13-7-9-14(23-2)10-8-13/h3-10H,11H2,1-2H3,(H,20,22). The maximum absolute atomic E-state index is 12.5. The number of rotatable bonds is 6. The van der Waals surface area contributed by atoms with Crippen LogP contribution < -0.4 is 14.8 Å². The van der Waals surface area contributed by atoms with Crippen LogP contribution in [-0.2, 0) is 6.61 Å². The number of nitrogens with one attached hydrogen (secondary N) is 1. The van der Waals surface area contributed by atoms with Crippen molar-refractivity contribution in [3.05, 3.63) is 65.8 Å². The van der Waals surface area contributed by atoms with E-state index in [4.69, 9.17) is 14.0 Å². The van der Waals surface area contributed by atoms with E-state index in [1.54, 1.807) is 62.6 Å². The van der Waals surface area contributed by atoms with E-state index in [9.17, 15) is 4.79 Å². The smallest absolute Gasteiger partial charge is 0.259 e. The zero-order chi connectivity index (χ0) is 17.6. The molecule has 1 N–H and O–H groups in total. The van der Waals surface area contributed by atoms with Crippen molar-refractivity contribution >= 4 is 11.6 Å². The monoisotopic (exact) mass is 339 g/mol. The molecule has 2 aromatic carbocycles. The van der Waals surface area contributed by atoms with Crippen molar-refractivity contribution in [3.8, 4) is 11.5 Å². The Labute approximate surface area is 144 Å². The van der Waals surface area contributed by atoms with Crippen molar-refractivity contribution in [2.45, 2.75) is 13.5 Å². The van der Waals surface area contributed by atoms with Gasteiger partial charge in [0.25, 0.3) is 5.91 Å². The van der Waals surface area contributed by atoms with Gasteiger partial charge >= 0.3 is 0 Å². The number of amides is 1. The summed E-state index contributed by atoms with van der Waals surface area (Å²) in [5.74, 6) is 1.77. The number of aromatic nitrogens is 2. The highest BCUT2D eigenvalue weighted by Gasteiger charge is 2.13. The van der Waals surface area contributed by atoms with E-state index >= 15 is 0 Å². The minimum atomic E-state index is -0.273. The molecule has 0 saturated carbocycles. The Bertz CT molecular complexity index is 859. The van der Waals surface area contributed by atoms with Crippen molar-refractivity contribution in [2.24, 2.45) is 0 Å². The first-order valence-corrected chi connectivity index (χ1v) is 7.62. The quantitative estimate of drug-likeness (QED) is 0.742. The highest BCUT2D eigenvalue weighted by molar-refractivity contribution is 6.06. The van der Waals surface area contributed by atoms with Crippen LogP contribution in [0.2, 0.25) is 0 Å². The predicted molar refractivity (Wildman–Crippen MR) is 90.8 cm³/mol. The summed E-state index contributed by atoms with van der Waals surface area (Å²) in [4.78, 5) is 16.6. The van der Waals surface area contributed by atoms with Crippen LogP contribution in [0.15, 0.2) is 53.1 Å². The average Bonchev–Trinajstić information content (AvgIpc) is 3.06. The third-order valence-electron chi connectivity index (χ3n) is 3.41. The molecular weight excluding hydrogens is 322 g/mol. The summed E-state index contributed by atoms with van der Waals surface area (Å²) in [6.45, 7) is 1.82. The molecule has 128 valence electrons. The molecule has 25 heavy (non-hydrogen) atoms. The number of benzene rings is 2. The Hall–Kier alpha value is -3.35. The van der Waals surface area contributed by atoms with Crippen LogP contribution in [-0.4, -0.2) is 23.2 Å². The van der Waals surface area contributed by atoms with Gasteiger partial charge in [-0.05, 0) is 36.4 Å². The Morgan fingerprint density at radius 2 is 1.92 bits per heavy atom. The summed E-state index contributed by atoms with van der Waals surface area (Å²) >= 11 is 0. The second-order valence-corrected chi connectivity index (χ2v) is 5.20. The van der Waals surface area contributed by atoms with Crippen molar-refractivity contribution in [1.29, 1.82) is 0 Å². The predicted octanol–water partition coefficient (Wildman–Crippen LogP) is 3.22. The molecule has 7 nitrogen and oxygen atoms in total. The lowest BCUT2D eigenvalue weighted by atomic mass is 10.2. The number of hydrogen-bond donors (Lipinski definition) is 1. The maximum atomic E-state index is 12.5. The number of methoxy groups -OCH3 is 1. The highest BCUT2D eigenvalue weighted by Crippen LogP contribution is 2.21. The molecule has 0 unspecified atom stereocenters. The number of carbonyl (C=O) groups is 1. The molecule has 0 radical (unpaired) electrons. The van der Waals surface area contributed by atoms with Gasteiger partial charge in [-0.2, -0.15) is 4.98 Å². The van der Waals surface area contributed by atoms with Crippen LogP contribution in [0.3, 0.4) is 0 Å². The van der Waals surface area contributed by atoms with Gasteiger partial charge in [0.15, 0.2) is 6.61 Å². The van der Waals surface area contributed by atoms with Gasteiger partial charge in [0.2, 0.25) is 11.7 Å². The summed E-state index contributed by atoms with van der Waals surface area (Å²) in [5.41, 5.74) is 1.08. The van der Waals surface area contributed by atoms with Gasteiger partial charge in [-0.1, -0.05) is 17.3 Å². The summed E-state index contributed by atoms with van der Waals surface area (Å²) in [6, 6.07) is 14.1. The van der Waals surface area contributed by atoms with Gasteiger partial charge in [0.1, 0.15) is 11.5 Å². The first-order chi connectivity index (χ1) is 12.2. The molecule has 7 heteroatoms. The Balaban J connectivity index is 1.71. The molecule has 0 fully saturated rings. The van der Waals surface area contributed by atoms with Crippen molar-refractivity contribution < 1.29 is 18.8 Å². The number of ether oxygens (including phenoxy) is 2. The van der Waals surface area contributed by atoms with Gasteiger partial charge in [-0.25, -0.2) is 0 Å². The lowest BCUT2D eigenvalue weighted by molar-refractivity contribution is 0.102. The minimum absolute atomic E-state index is 0.115. The third-order valence-corrected chi connectivity index (χ3v) is 3.41. The van der Waals surface area contributed by atoms with Gasteiger partial charge < -0.3 is 19.3 Å². The molecule has 0 bridgehead atoms. The lowest BCUT2D eigenvalue weighted by Gasteiger charge is -2.11. The molecule has 0 aliphatic heterocycles. The van der Waals surface area contributed by atoms with Crippen LogP contribution in [0.4, 0.5) is 5.69 Å². The van der Waals surface area contributed by atoms with Gasteiger partial charge in [-0.15, -0.1) is 0 Å². The fraction of sp³-hybridized carbons (Fsp3) is 0.167. The molecule has 1 aromatic heterocycles. The number of carbonyl (C=O) groups excluding carboxylic acids is 1. The minimum Gasteiger partial charge on any atom is -0.497 e. The topological polar surface area (TPSA) is 86.5 Å². The summed E-state index contributed by atoms with van der Waals surface area (Å²) in [6.07, 6.45) is 0.